The average molecular weight is 322 g/mol. The van der Waals surface area contributed by atoms with Crippen LogP contribution in [0.3, 0.4) is 0 Å². The third-order valence-corrected chi connectivity index (χ3v) is 4.95. The predicted octanol–water partition coefficient (Wildman–Crippen LogP) is 4.31. The average Bonchev–Trinajstić information content (AvgIpc) is 2.89. The number of rotatable bonds is 7. The van der Waals surface area contributed by atoms with Gasteiger partial charge in [-0.15, -0.1) is 0 Å². The Morgan fingerprint density at radius 1 is 1.33 bits per heavy atom. The summed E-state index contributed by atoms with van der Waals surface area (Å²) in [5, 5.41) is 3.52. The van der Waals surface area contributed by atoms with Crippen molar-refractivity contribution in [3.63, 3.8) is 0 Å². The van der Waals surface area contributed by atoms with E-state index < -0.39 is 0 Å². The molecule has 0 bridgehead atoms. The Bertz CT molecular complexity index is 579. The first-order valence-electron chi connectivity index (χ1n) is 7.39. The number of hydrogen-bond acceptors (Lipinski definition) is 5. The number of aromatic nitrogens is 2. The molecule has 0 amide bonds. The van der Waals surface area contributed by atoms with Crippen LogP contribution in [0.25, 0.3) is 0 Å². The van der Waals surface area contributed by atoms with Crippen LogP contribution in [0.4, 0.5) is 0 Å². The Hall–Kier alpha value is -0.910. The lowest BCUT2D eigenvalue weighted by Gasteiger charge is -2.11. The highest BCUT2D eigenvalue weighted by molar-refractivity contribution is 8.01. The van der Waals surface area contributed by atoms with Crippen LogP contribution in [0.15, 0.2) is 27.4 Å². The van der Waals surface area contributed by atoms with E-state index in [1.807, 2.05) is 0 Å². The molecule has 5 heteroatoms. The summed E-state index contributed by atoms with van der Waals surface area (Å²) in [6.45, 7) is 10.6. The maximum absolute atomic E-state index is 4.55. The summed E-state index contributed by atoms with van der Waals surface area (Å²) in [4.78, 5) is 5.82. The Balaban J connectivity index is 2.10. The fraction of sp³-hybridized carbons (Fsp3) is 0.500. The second kappa shape index (κ2) is 7.92. The third kappa shape index (κ3) is 5.09. The monoisotopic (exact) mass is 321 g/mol. The van der Waals surface area contributed by atoms with Gasteiger partial charge in [-0.05, 0) is 42.5 Å². The van der Waals surface area contributed by atoms with Gasteiger partial charge in [0.25, 0.3) is 0 Å². The first kappa shape index (κ1) is 16.5. The molecule has 0 saturated heterocycles. The van der Waals surface area contributed by atoms with Gasteiger partial charge in [-0.2, -0.15) is 4.37 Å². The van der Waals surface area contributed by atoms with Crippen molar-refractivity contribution in [1.29, 1.82) is 0 Å². The molecule has 1 aromatic carbocycles. The van der Waals surface area contributed by atoms with Crippen LogP contribution in [-0.4, -0.2) is 15.9 Å². The highest BCUT2D eigenvalue weighted by Crippen LogP contribution is 2.32. The van der Waals surface area contributed by atoms with E-state index in [0.29, 0.717) is 5.92 Å². The van der Waals surface area contributed by atoms with E-state index in [1.54, 1.807) is 11.8 Å². The SMILES string of the molecule is CCc1nsc(Sc2ccc(C)cc2CNCC(C)C)n1. The van der Waals surface area contributed by atoms with Gasteiger partial charge in [0.2, 0.25) is 0 Å². The molecule has 0 radical (unpaired) electrons. The molecule has 1 aromatic heterocycles. The molecular formula is C16H23N3S2. The van der Waals surface area contributed by atoms with Gasteiger partial charge >= 0.3 is 0 Å². The van der Waals surface area contributed by atoms with E-state index in [-0.39, 0.29) is 0 Å². The maximum Gasteiger partial charge on any atom is 0.174 e. The van der Waals surface area contributed by atoms with Crippen molar-refractivity contribution >= 4 is 23.3 Å². The van der Waals surface area contributed by atoms with Gasteiger partial charge in [-0.3, -0.25) is 0 Å². The Morgan fingerprint density at radius 3 is 2.81 bits per heavy atom. The van der Waals surface area contributed by atoms with Crippen LogP contribution in [0.1, 0.15) is 37.7 Å². The molecule has 1 heterocycles. The van der Waals surface area contributed by atoms with Gasteiger partial charge in [0, 0.05) is 17.9 Å². The van der Waals surface area contributed by atoms with Crippen LogP contribution in [0.2, 0.25) is 0 Å². The van der Waals surface area contributed by atoms with Crippen LogP contribution in [-0.2, 0) is 13.0 Å². The molecule has 0 fully saturated rings. The molecule has 21 heavy (non-hydrogen) atoms. The molecule has 0 aliphatic carbocycles. The molecule has 0 unspecified atom stereocenters. The van der Waals surface area contributed by atoms with E-state index >= 15 is 0 Å². The van der Waals surface area contributed by atoms with Crippen LogP contribution >= 0.6 is 23.3 Å². The maximum atomic E-state index is 4.55. The minimum absolute atomic E-state index is 0.668. The molecule has 0 atom stereocenters. The summed E-state index contributed by atoms with van der Waals surface area (Å²) < 4.78 is 5.39. The van der Waals surface area contributed by atoms with Gasteiger partial charge in [-0.1, -0.05) is 50.2 Å². The van der Waals surface area contributed by atoms with Crippen LogP contribution in [0.5, 0.6) is 0 Å². The molecule has 114 valence electrons. The van der Waals surface area contributed by atoms with Crippen molar-refractivity contribution < 1.29 is 0 Å². The van der Waals surface area contributed by atoms with Gasteiger partial charge in [0.1, 0.15) is 5.82 Å². The van der Waals surface area contributed by atoms with Gasteiger partial charge in [0.05, 0.1) is 0 Å². The zero-order chi connectivity index (χ0) is 15.2. The molecule has 2 rings (SSSR count). The summed E-state index contributed by atoms with van der Waals surface area (Å²) in [7, 11) is 0. The Kier molecular flexibility index (Phi) is 6.21. The first-order chi connectivity index (χ1) is 10.1. The zero-order valence-corrected chi connectivity index (χ0v) is 14.8. The van der Waals surface area contributed by atoms with Crippen molar-refractivity contribution in [2.45, 2.75) is 49.9 Å². The molecule has 0 saturated carbocycles. The normalized spacial score (nSPS) is 11.3. The summed E-state index contributed by atoms with van der Waals surface area (Å²) >= 11 is 3.21. The van der Waals surface area contributed by atoms with Gasteiger partial charge in [0.15, 0.2) is 4.34 Å². The molecule has 0 spiro atoms. The fourth-order valence-corrected chi connectivity index (χ4v) is 3.73. The third-order valence-electron chi connectivity index (χ3n) is 3.05. The number of aryl methyl sites for hydroxylation is 2. The Morgan fingerprint density at radius 2 is 2.14 bits per heavy atom. The molecule has 2 aromatic rings. The van der Waals surface area contributed by atoms with Crippen molar-refractivity contribution in [3.8, 4) is 0 Å². The highest BCUT2D eigenvalue weighted by atomic mass is 32.2. The highest BCUT2D eigenvalue weighted by Gasteiger charge is 2.09. The number of nitrogens with one attached hydrogen (secondary N) is 1. The van der Waals surface area contributed by atoms with Crippen molar-refractivity contribution in [1.82, 2.24) is 14.7 Å². The lowest BCUT2D eigenvalue weighted by atomic mass is 10.1. The molecule has 0 aliphatic rings. The summed E-state index contributed by atoms with van der Waals surface area (Å²) in [5.74, 6) is 1.61. The van der Waals surface area contributed by atoms with Crippen molar-refractivity contribution in [3.05, 3.63) is 35.2 Å². The Labute approximate surface area is 135 Å². The topological polar surface area (TPSA) is 37.8 Å². The minimum Gasteiger partial charge on any atom is -0.312 e. The first-order valence-corrected chi connectivity index (χ1v) is 8.98. The smallest absolute Gasteiger partial charge is 0.174 e. The standard InChI is InChI=1S/C16H23N3S2/c1-5-15-18-16(21-19-15)20-14-7-6-12(4)8-13(14)10-17-9-11(2)3/h6-8,11,17H,5,9-10H2,1-4H3. The number of benzene rings is 1. The summed E-state index contributed by atoms with van der Waals surface area (Å²) in [6, 6.07) is 6.62. The van der Waals surface area contributed by atoms with Gasteiger partial charge < -0.3 is 5.32 Å². The van der Waals surface area contributed by atoms with E-state index in [2.05, 4.69) is 60.6 Å². The van der Waals surface area contributed by atoms with E-state index in [9.17, 15) is 0 Å². The number of nitrogens with zero attached hydrogens (tertiary/aromatic N) is 2. The summed E-state index contributed by atoms with van der Waals surface area (Å²) in [5.41, 5.74) is 2.64. The van der Waals surface area contributed by atoms with Gasteiger partial charge in [-0.25, -0.2) is 4.98 Å². The van der Waals surface area contributed by atoms with E-state index in [4.69, 9.17) is 0 Å². The fourth-order valence-electron chi connectivity index (χ4n) is 1.96. The summed E-state index contributed by atoms with van der Waals surface area (Å²) in [6.07, 6.45) is 0.897. The second-order valence-electron chi connectivity index (χ2n) is 5.57. The molecule has 0 aliphatic heterocycles. The molecule has 1 N–H and O–H groups in total. The largest absolute Gasteiger partial charge is 0.312 e. The minimum atomic E-state index is 0.668. The van der Waals surface area contributed by atoms with Crippen molar-refractivity contribution in [2.24, 2.45) is 5.92 Å². The van der Waals surface area contributed by atoms with E-state index in [1.165, 1.54) is 27.6 Å². The van der Waals surface area contributed by atoms with E-state index in [0.717, 1.165) is 29.7 Å². The molecule has 3 nitrogen and oxygen atoms in total. The van der Waals surface area contributed by atoms with Crippen molar-refractivity contribution in [2.75, 3.05) is 6.54 Å². The quantitative estimate of drug-likeness (QED) is 0.825. The lowest BCUT2D eigenvalue weighted by molar-refractivity contribution is 0.550. The van der Waals surface area contributed by atoms with Crippen LogP contribution in [0, 0.1) is 12.8 Å². The second-order valence-corrected chi connectivity index (χ2v) is 7.61. The predicted molar refractivity (Wildman–Crippen MR) is 91.1 cm³/mol. The number of hydrogen-bond donors (Lipinski definition) is 1. The van der Waals surface area contributed by atoms with Crippen LogP contribution < -0.4 is 5.32 Å². The molecular weight excluding hydrogens is 298 g/mol. The lowest BCUT2D eigenvalue weighted by Crippen LogP contribution is -2.19. The zero-order valence-electron chi connectivity index (χ0n) is 13.1.